The van der Waals surface area contributed by atoms with Crippen molar-refractivity contribution in [2.24, 2.45) is 5.92 Å². The van der Waals surface area contributed by atoms with E-state index in [0.29, 0.717) is 16.9 Å². The van der Waals surface area contributed by atoms with Gasteiger partial charge < -0.3 is 5.32 Å². The van der Waals surface area contributed by atoms with Crippen LogP contribution < -0.4 is 5.32 Å². The van der Waals surface area contributed by atoms with Crippen LogP contribution in [0.1, 0.15) is 48.2 Å². The van der Waals surface area contributed by atoms with Crippen LogP contribution in [0.2, 0.25) is 5.02 Å². The van der Waals surface area contributed by atoms with Gasteiger partial charge in [-0.05, 0) is 56.2 Å². The van der Waals surface area contributed by atoms with Crippen molar-refractivity contribution >= 4 is 40.0 Å². The lowest BCUT2D eigenvalue weighted by molar-refractivity contribution is -0.120. The Morgan fingerprint density at radius 1 is 1.10 bits per heavy atom. The summed E-state index contributed by atoms with van der Waals surface area (Å²) in [7, 11) is 0. The normalized spacial score (nSPS) is 14.9. The van der Waals surface area contributed by atoms with Crippen LogP contribution in [0.15, 0.2) is 42.5 Å². The summed E-state index contributed by atoms with van der Waals surface area (Å²) in [5.74, 6) is -1.05. The summed E-state index contributed by atoms with van der Waals surface area (Å²) >= 11 is 6.08. The number of amides is 1. The molecular formula is C23H22ClFN2O2. The van der Waals surface area contributed by atoms with Crippen LogP contribution >= 0.6 is 11.6 Å². The van der Waals surface area contributed by atoms with Crippen molar-refractivity contribution in [3.8, 4) is 0 Å². The molecule has 6 heteroatoms. The van der Waals surface area contributed by atoms with E-state index in [-0.39, 0.29) is 22.4 Å². The first kappa shape index (κ1) is 19.6. The Morgan fingerprint density at radius 3 is 2.59 bits per heavy atom. The molecule has 4 rings (SSSR count). The lowest BCUT2D eigenvalue weighted by Crippen LogP contribution is -2.24. The highest BCUT2D eigenvalue weighted by Gasteiger charge is 2.23. The highest BCUT2D eigenvalue weighted by Crippen LogP contribution is 2.29. The van der Waals surface area contributed by atoms with Crippen molar-refractivity contribution in [3.05, 3.63) is 64.6 Å². The molecular weight excluding hydrogens is 391 g/mol. The number of rotatable bonds is 3. The van der Waals surface area contributed by atoms with E-state index in [1.807, 2.05) is 12.1 Å². The molecule has 1 fully saturated rings. The number of anilines is 1. The van der Waals surface area contributed by atoms with Gasteiger partial charge in [0.15, 0.2) is 0 Å². The van der Waals surface area contributed by atoms with E-state index in [4.69, 9.17) is 11.6 Å². The van der Waals surface area contributed by atoms with Crippen LogP contribution in [-0.2, 0) is 4.79 Å². The first-order valence-electron chi connectivity index (χ1n) is 9.87. The number of aromatic nitrogens is 1. The quantitative estimate of drug-likeness (QED) is 0.577. The Kier molecular flexibility index (Phi) is 5.41. The smallest absolute Gasteiger partial charge is 0.267 e. The SMILES string of the molecule is Cc1cc2cc(NC(=O)C3CCCCC3)ccc2n1C(=O)c1c(F)cccc1Cl. The number of nitrogens with zero attached hydrogens (tertiary/aromatic N) is 1. The van der Waals surface area contributed by atoms with Gasteiger partial charge in [0.05, 0.1) is 16.1 Å². The van der Waals surface area contributed by atoms with Gasteiger partial charge in [0.1, 0.15) is 5.82 Å². The number of halogens is 2. The number of carbonyl (C=O) groups is 2. The molecule has 0 unspecified atom stereocenters. The van der Waals surface area contributed by atoms with Crippen molar-refractivity contribution in [1.29, 1.82) is 0 Å². The van der Waals surface area contributed by atoms with Gasteiger partial charge in [-0.3, -0.25) is 14.2 Å². The van der Waals surface area contributed by atoms with Gasteiger partial charge in [-0.15, -0.1) is 0 Å². The Morgan fingerprint density at radius 2 is 1.86 bits per heavy atom. The zero-order valence-corrected chi connectivity index (χ0v) is 16.9. The van der Waals surface area contributed by atoms with Crippen molar-refractivity contribution in [1.82, 2.24) is 4.57 Å². The second-order valence-electron chi connectivity index (χ2n) is 7.62. The lowest BCUT2D eigenvalue weighted by atomic mass is 9.88. The molecule has 1 heterocycles. The van der Waals surface area contributed by atoms with Gasteiger partial charge in [0, 0.05) is 22.7 Å². The first-order valence-corrected chi connectivity index (χ1v) is 10.2. The summed E-state index contributed by atoms with van der Waals surface area (Å²) in [6, 6.07) is 11.4. The summed E-state index contributed by atoms with van der Waals surface area (Å²) in [5.41, 5.74) is 1.86. The summed E-state index contributed by atoms with van der Waals surface area (Å²) in [6.07, 6.45) is 5.26. The Bertz CT molecular complexity index is 1080. The number of carbonyl (C=O) groups excluding carboxylic acids is 2. The van der Waals surface area contributed by atoms with Gasteiger partial charge in [-0.1, -0.05) is 36.9 Å². The summed E-state index contributed by atoms with van der Waals surface area (Å²) in [6.45, 7) is 1.78. The van der Waals surface area contributed by atoms with E-state index in [1.54, 1.807) is 19.1 Å². The predicted octanol–water partition coefficient (Wildman–Crippen LogP) is 5.95. The number of benzene rings is 2. The molecule has 0 aliphatic heterocycles. The summed E-state index contributed by atoms with van der Waals surface area (Å²) in [5, 5.41) is 3.87. The number of hydrogen-bond acceptors (Lipinski definition) is 2. The van der Waals surface area contributed by atoms with Gasteiger partial charge >= 0.3 is 0 Å². The van der Waals surface area contributed by atoms with Gasteiger partial charge in [-0.25, -0.2) is 4.39 Å². The minimum atomic E-state index is -0.653. The van der Waals surface area contributed by atoms with Crippen LogP contribution in [0.4, 0.5) is 10.1 Å². The second kappa shape index (κ2) is 7.99. The standard InChI is InChI=1S/C23H22ClFN2O2/c1-14-12-16-13-17(26-22(28)15-6-3-2-4-7-15)10-11-20(16)27(14)23(29)21-18(24)8-5-9-19(21)25/h5,8-13,15H,2-4,6-7H2,1H3,(H,26,28). The van der Waals surface area contributed by atoms with Crippen LogP contribution in [0.25, 0.3) is 10.9 Å². The third-order valence-corrected chi connectivity index (χ3v) is 5.92. The highest BCUT2D eigenvalue weighted by atomic mass is 35.5. The zero-order chi connectivity index (χ0) is 20.5. The van der Waals surface area contributed by atoms with E-state index >= 15 is 0 Å². The summed E-state index contributed by atoms with van der Waals surface area (Å²) < 4.78 is 15.7. The van der Waals surface area contributed by atoms with Crippen LogP contribution in [0.5, 0.6) is 0 Å². The number of nitrogens with one attached hydrogen (secondary N) is 1. The van der Waals surface area contributed by atoms with Crippen molar-refractivity contribution in [3.63, 3.8) is 0 Å². The Labute approximate surface area is 173 Å². The molecule has 0 saturated heterocycles. The fourth-order valence-electron chi connectivity index (χ4n) is 4.12. The molecule has 1 aliphatic rings. The monoisotopic (exact) mass is 412 g/mol. The fourth-order valence-corrected chi connectivity index (χ4v) is 4.37. The van der Waals surface area contributed by atoms with Gasteiger partial charge in [-0.2, -0.15) is 0 Å². The minimum Gasteiger partial charge on any atom is -0.326 e. The van der Waals surface area contributed by atoms with Crippen molar-refractivity contribution in [2.75, 3.05) is 5.32 Å². The molecule has 0 bridgehead atoms. The molecule has 0 radical (unpaired) electrons. The molecule has 1 saturated carbocycles. The number of hydrogen-bond donors (Lipinski definition) is 1. The first-order chi connectivity index (χ1) is 14.0. The molecule has 2 aromatic carbocycles. The average molecular weight is 413 g/mol. The van der Waals surface area contributed by atoms with E-state index in [1.165, 1.54) is 29.2 Å². The van der Waals surface area contributed by atoms with Crippen LogP contribution in [0.3, 0.4) is 0 Å². The molecule has 0 spiro atoms. The average Bonchev–Trinajstić information content (AvgIpc) is 3.03. The Hall–Kier alpha value is -2.66. The van der Waals surface area contributed by atoms with E-state index in [0.717, 1.165) is 31.1 Å². The molecule has 3 aromatic rings. The molecule has 150 valence electrons. The summed E-state index contributed by atoms with van der Waals surface area (Å²) in [4.78, 5) is 25.5. The second-order valence-corrected chi connectivity index (χ2v) is 8.03. The largest absolute Gasteiger partial charge is 0.326 e. The third kappa shape index (κ3) is 3.79. The number of fused-ring (bicyclic) bond motifs is 1. The van der Waals surface area contributed by atoms with Crippen molar-refractivity contribution < 1.29 is 14.0 Å². The maximum atomic E-state index is 14.2. The molecule has 29 heavy (non-hydrogen) atoms. The maximum Gasteiger partial charge on any atom is 0.267 e. The molecule has 1 N–H and O–H groups in total. The molecule has 1 amide bonds. The topological polar surface area (TPSA) is 51.1 Å². The highest BCUT2D eigenvalue weighted by molar-refractivity contribution is 6.34. The zero-order valence-electron chi connectivity index (χ0n) is 16.2. The van der Waals surface area contributed by atoms with E-state index in [9.17, 15) is 14.0 Å². The Balaban J connectivity index is 1.65. The molecule has 0 atom stereocenters. The van der Waals surface area contributed by atoms with Gasteiger partial charge in [0.2, 0.25) is 5.91 Å². The fraction of sp³-hybridized carbons (Fsp3) is 0.304. The van der Waals surface area contributed by atoms with Crippen molar-refractivity contribution in [2.45, 2.75) is 39.0 Å². The van der Waals surface area contributed by atoms with Crippen LogP contribution in [-0.4, -0.2) is 16.4 Å². The minimum absolute atomic E-state index is 0.0504. The lowest BCUT2D eigenvalue weighted by Gasteiger charge is -2.20. The van der Waals surface area contributed by atoms with E-state index < -0.39 is 11.7 Å². The van der Waals surface area contributed by atoms with Gasteiger partial charge in [0.25, 0.3) is 5.91 Å². The number of aryl methyl sites for hydroxylation is 1. The molecule has 1 aliphatic carbocycles. The van der Waals surface area contributed by atoms with E-state index in [2.05, 4.69) is 5.32 Å². The maximum absolute atomic E-state index is 14.2. The molecule has 1 aromatic heterocycles. The predicted molar refractivity (Wildman–Crippen MR) is 113 cm³/mol. The third-order valence-electron chi connectivity index (χ3n) is 5.61. The molecule has 4 nitrogen and oxygen atoms in total. The van der Waals surface area contributed by atoms with Crippen LogP contribution in [0, 0.1) is 18.7 Å².